The molecule has 3 rings (SSSR count). The first kappa shape index (κ1) is 16.4. The molecule has 8 heteroatoms. The maximum Gasteiger partial charge on any atom is 0.325 e. The lowest BCUT2D eigenvalue weighted by Gasteiger charge is -2.33. The number of carbonyl (C=O) groups excluding carboxylic acids is 3. The number of aromatic nitrogens is 2. The van der Waals surface area contributed by atoms with Gasteiger partial charge in [0.05, 0.1) is 0 Å². The van der Waals surface area contributed by atoms with Crippen molar-refractivity contribution >= 4 is 17.8 Å². The molecule has 0 aromatic carbocycles. The molecule has 1 N–H and O–H groups in total. The van der Waals surface area contributed by atoms with Gasteiger partial charge in [-0.05, 0) is 32.8 Å². The van der Waals surface area contributed by atoms with Crippen molar-refractivity contribution in [3.63, 3.8) is 0 Å². The number of nitrogens with one attached hydrogen (secondary N) is 1. The monoisotopic (exact) mass is 331 g/mol. The molecule has 2 fully saturated rings. The van der Waals surface area contributed by atoms with E-state index in [0.717, 1.165) is 23.4 Å². The third-order valence-corrected chi connectivity index (χ3v) is 4.53. The Balaban J connectivity index is 1.65. The highest BCUT2D eigenvalue weighted by Gasteiger charge is 2.45. The van der Waals surface area contributed by atoms with Gasteiger partial charge in [0.1, 0.15) is 18.4 Å². The number of carbonyl (C=O) groups is 3. The number of nitrogens with zero attached hydrogens (tertiary/aromatic N) is 4. The van der Waals surface area contributed by atoms with Gasteiger partial charge in [0.15, 0.2) is 0 Å². The lowest BCUT2D eigenvalue weighted by Crippen LogP contribution is -2.47. The summed E-state index contributed by atoms with van der Waals surface area (Å²) >= 11 is 0. The Morgan fingerprint density at radius 3 is 2.83 bits per heavy atom. The first-order valence-electron chi connectivity index (χ1n) is 8.06. The van der Waals surface area contributed by atoms with Crippen molar-refractivity contribution in [3.8, 4) is 0 Å². The van der Waals surface area contributed by atoms with Crippen LogP contribution >= 0.6 is 0 Å². The number of hydrogen-bond acceptors (Lipinski definition) is 5. The molecule has 4 amide bonds. The Bertz CT molecular complexity index is 661. The average Bonchev–Trinajstić information content (AvgIpc) is 2.77. The molecule has 1 aromatic rings. The minimum absolute atomic E-state index is 0.158. The van der Waals surface area contributed by atoms with Crippen LogP contribution in [0.1, 0.15) is 38.3 Å². The van der Waals surface area contributed by atoms with Crippen LogP contribution in [0.5, 0.6) is 0 Å². The van der Waals surface area contributed by atoms with Gasteiger partial charge in [-0.2, -0.15) is 0 Å². The van der Waals surface area contributed by atoms with Gasteiger partial charge in [0.2, 0.25) is 5.91 Å². The lowest BCUT2D eigenvalue weighted by molar-refractivity contribution is -0.139. The number of rotatable bonds is 3. The number of likely N-dealkylation sites (tertiary alicyclic amines) is 1. The van der Waals surface area contributed by atoms with Gasteiger partial charge in [-0.25, -0.2) is 14.8 Å². The number of amides is 4. The van der Waals surface area contributed by atoms with Gasteiger partial charge in [-0.15, -0.1) is 0 Å². The number of piperidine rings is 1. The molecule has 8 nitrogen and oxygen atoms in total. The maximum atomic E-state index is 12.6. The van der Waals surface area contributed by atoms with Crippen LogP contribution in [0.15, 0.2) is 18.6 Å². The molecular weight excluding hydrogens is 310 g/mol. The summed E-state index contributed by atoms with van der Waals surface area (Å²) in [7, 11) is 0. The zero-order valence-corrected chi connectivity index (χ0v) is 13.9. The highest BCUT2D eigenvalue weighted by atomic mass is 16.2. The topological polar surface area (TPSA) is 95.5 Å². The molecule has 1 aromatic heterocycles. The molecular formula is C16H21N5O3. The summed E-state index contributed by atoms with van der Waals surface area (Å²) in [6.45, 7) is 4.22. The second-order valence-electron chi connectivity index (χ2n) is 6.76. The molecule has 0 spiro atoms. The van der Waals surface area contributed by atoms with E-state index in [1.165, 1.54) is 6.33 Å². The standard InChI is InChI=1S/C16H21N5O3/c1-16(2)14(23)21(15(24)19-16)9-13(22)20-7-3-4-11(8-20)12-5-6-17-10-18-12/h5-6,10-11H,3-4,7-9H2,1-2H3,(H,19,24). The van der Waals surface area contributed by atoms with Crippen molar-refractivity contribution in [2.24, 2.45) is 0 Å². The highest BCUT2D eigenvalue weighted by molar-refractivity contribution is 6.08. The smallest absolute Gasteiger partial charge is 0.325 e. The molecule has 0 radical (unpaired) electrons. The fraction of sp³-hybridized carbons (Fsp3) is 0.562. The predicted molar refractivity (Wildman–Crippen MR) is 84.9 cm³/mol. The van der Waals surface area contributed by atoms with Crippen molar-refractivity contribution in [2.45, 2.75) is 38.1 Å². The van der Waals surface area contributed by atoms with Crippen LogP contribution in [0.3, 0.4) is 0 Å². The van der Waals surface area contributed by atoms with Gasteiger partial charge in [-0.1, -0.05) is 0 Å². The molecule has 2 aliphatic rings. The number of imide groups is 1. The van der Waals surface area contributed by atoms with Crippen LogP contribution < -0.4 is 5.32 Å². The molecule has 24 heavy (non-hydrogen) atoms. The molecule has 128 valence electrons. The van der Waals surface area contributed by atoms with Crippen LogP contribution in [-0.2, 0) is 9.59 Å². The maximum absolute atomic E-state index is 12.6. The van der Waals surface area contributed by atoms with E-state index < -0.39 is 11.6 Å². The Morgan fingerprint density at radius 1 is 1.42 bits per heavy atom. The minimum atomic E-state index is -0.956. The van der Waals surface area contributed by atoms with Gasteiger partial charge >= 0.3 is 6.03 Å². The van der Waals surface area contributed by atoms with E-state index in [4.69, 9.17) is 0 Å². The van der Waals surface area contributed by atoms with Crippen LogP contribution in [0.2, 0.25) is 0 Å². The van der Waals surface area contributed by atoms with E-state index in [9.17, 15) is 14.4 Å². The minimum Gasteiger partial charge on any atom is -0.340 e. The normalized spacial score (nSPS) is 23.3. The van der Waals surface area contributed by atoms with Gasteiger partial charge in [0.25, 0.3) is 5.91 Å². The molecule has 0 saturated carbocycles. The Kier molecular flexibility index (Phi) is 4.21. The van der Waals surface area contributed by atoms with Crippen molar-refractivity contribution in [3.05, 3.63) is 24.3 Å². The largest absolute Gasteiger partial charge is 0.340 e. The van der Waals surface area contributed by atoms with Crippen LogP contribution in [0.4, 0.5) is 4.79 Å². The average molecular weight is 331 g/mol. The third-order valence-electron chi connectivity index (χ3n) is 4.53. The zero-order valence-electron chi connectivity index (χ0n) is 13.9. The summed E-state index contributed by atoms with van der Waals surface area (Å²) in [5, 5.41) is 2.59. The molecule has 0 bridgehead atoms. The summed E-state index contributed by atoms with van der Waals surface area (Å²) in [6, 6.07) is 1.35. The first-order valence-corrected chi connectivity index (χ1v) is 8.06. The molecule has 3 heterocycles. The highest BCUT2D eigenvalue weighted by Crippen LogP contribution is 2.25. The molecule has 1 atom stereocenters. The van der Waals surface area contributed by atoms with Crippen molar-refractivity contribution in [1.82, 2.24) is 25.1 Å². The predicted octanol–water partition coefficient (Wildman–Crippen LogP) is 0.513. The van der Waals surface area contributed by atoms with Gasteiger partial charge in [0, 0.05) is 30.9 Å². The number of hydrogen-bond donors (Lipinski definition) is 1. The van der Waals surface area contributed by atoms with Gasteiger partial charge in [-0.3, -0.25) is 14.5 Å². The quantitative estimate of drug-likeness (QED) is 0.814. The molecule has 1 unspecified atom stereocenters. The Hall–Kier alpha value is -2.51. The van der Waals surface area contributed by atoms with Crippen molar-refractivity contribution < 1.29 is 14.4 Å². The first-order chi connectivity index (χ1) is 11.4. The van der Waals surface area contributed by atoms with E-state index in [1.807, 2.05) is 6.07 Å². The van der Waals surface area contributed by atoms with Crippen molar-refractivity contribution in [2.75, 3.05) is 19.6 Å². The fourth-order valence-electron chi connectivity index (χ4n) is 3.18. The van der Waals surface area contributed by atoms with Gasteiger partial charge < -0.3 is 10.2 Å². The lowest BCUT2D eigenvalue weighted by atomic mass is 9.94. The second kappa shape index (κ2) is 6.18. The summed E-state index contributed by atoms with van der Waals surface area (Å²) in [5.41, 5.74) is -0.0402. The van der Waals surface area contributed by atoms with E-state index >= 15 is 0 Å². The summed E-state index contributed by atoms with van der Waals surface area (Å²) < 4.78 is 0. The fourth-order valence-corrected chi connectivity index (χ4v) is 3.18. The summed E-state index contributed by atoms with van der Waals surface area (Å²) in [6.07, 6.45) is 5.02. The van der Waals surface area contributed by atoms with Crippen molar-refractivity contribution in [1.29, 1.82) is 0 Å². The van der Waals surface area contributed by atoms with E-state index in [0.29, 0.717) is 13.1 Å². The second-order valence-corrected chi connectivity index (χ2v) is 6.76. The van der Waals surface area contributed by atoms with E-state index in [2.05, 4.69) is 15.3 Å². The SMILES string of the molecule is CC1(C)NC(=O)N(CC(=O)N2CCCC(c3ccncn3)C2)C1=O. The molecule has 2 saturated heterocycles. The summed E-state index contributed by atoms with van der Waals surface area (Å²) in [4.78, 5) is 47.5. The molecule has 0 aliphatic carbocycles. The zero-order chi connectivity index (χ0) is 17.3. The summed E-state index contributed by atoms with van der Waals surface area (Å²) in [5.74, 6) is -0.426. The Labute approximate surface area is 140 Å². The number of urea groups is 1. The van der Waals surface area contributed by atoms with Crippen LogP contribution in [0.25, 0.3) is 0 Å². The van der Waals surface area contributed by atoms with E-state index in [-0.39, 0.29) is 24.3 Å². The van der Waals surface area contributed by atoms with Crippen LogP contribution in [-0.4, -0.2) is 62.8 Å². The van der Waals surface area contributed by atoms with E-state index in [1.54, 1.807) is 24.9 Å². The Morgan fingerprint density at radius 2 is 2.21 bits per heavy atom. The van der Waals surface area contributed by atoms with Crippen LogP contribution in [0, 0.1) is 0 Å². The third kappa shape index (κ3) is 3.08. The molecule has 2 aliphatic heterocycles.